The van der Waals surface area contributed by atoms with Crippen molar-refractivity contribution in [3.05, 3.63) is 72.2 Å². The summed E-state index contributed by atoms with van der Waals surface area (Å²) in [5, 5.41) is 3.50. The highest BCUT2D eigenvalue weighted by molar-refractivity contribution is 7.99. The first kappa shape index (κ1) is 16.3. The summed E-state index contributed by atoms with van der Waals surface area (Å²) in [6, 6.07) is 15.9. The van der Waals surface area contributed by atoms with Crippen LogP contribution < -0.4 is 5.32 Å². The number of nitrogens with one attached hydrogen (secondary N) is 2. The fourth-order valence-corrected chi connectivity index (χ4v) is 2.81. The van der Waals surface area contributed by atoms with Gasteiger partial charge in [0.15, 0.2) is 5.16 Å². The van der Waals surface area contributed by atoms with Crippen LogP contribution in [0.4, 0.5) is 4.39 Å². The summed E-state index contributed by atoms with van der Waals surface area (Å²) < 4.78 is 12.8. The number of benzene rings is 2. The van der Waals surface area contributed by atoms with Gasteiger partial charge >= 0.3 is 0 Å². The number of H-pyrrole nitrogens is 1. The Bertz CT molecular complexity index is 803. The quantitative estimate of drug-likeness (QED) is 0.673. The monoisotopic (exact) mass is 341 g/mol. The zero-order valence-corrected chi connectivity index (χ0v) is 13.6. The number of nitrogens with zero attached hydrogens (tertiary/aromatic N) is 1. The van der Waals surface area contributed by atoms with Crippen molar-refractivity contribution in [3.63, 3.8) is 0 Å². The van der Waals surface area contributed by atoms with Crippen LogP contribution in [0.1, 0.15) is 5.56 Å². The van der Waals surface area contributed by atoms with Crippen molar-refractivity contribution >= 4 is 17.7 Å². The van der Waals surface area contributed by atoms with E-state index in [1.54, 1.807) is 18.3 Å². The van der Waals surface area contributed by atoms with E-state index >= 15 is 0 Å². The van der Waals surface area contributed by atoms with E-state index < -0.39 is 0 Å². The molecule has 0 fully saturated rings. The molecule has 0 spiro atoms. The molecular weight excluding hydrogens is 325 g/mol. The third-order valence-electron chi connectivity index (χ3n) is 3.38. The normalized spacial score (nSPS) is 10.5. The smallest absolute Gasteiger partial charge is 0.230 e. The minimum atomic E-state index is -0.285. The molecule has 0 saturated heterocycles. The van der Waals surface area contributed by atoms with Crippen molar-refractivity contribution in [1.29, 1.82) is 0 Å². The van der Waals surface area contributed by atoms with Crippen molar-refractivity contribution < 1.29 is 9.18 Å². The molecule has 3 aromatic rings. The van der Waals surface area contributed by atoms with Gasteiger partial charge in [-0.2, -0.15) is 0 Å². The lowest BCUT2D eigenvalue weighted by atomic mass is 10.2. The predicted octanol–water partition coefficient (Wildman–Crippen LogP) is 3.62. The molecule has 0 aliphatic rings. The molecular formula is C18H16FN3OS. The molecule has 24 heavy (non-hydrogen) atoms. The molecule has 0 aliphatic heterocycles. The largest absolute Gasteiger partial charge is 0.351 e. The van der Waals surface area contributed by atoms with E-state index in [9.17, 15) is 9.18 Å². The molecule has 0 saturated carbocycles. The van der Waals surface area contributed by atoms with Crippen LogP contribution in [0.3, 0.4) is 0 Å². The summed E-state index contributed by atoms with van der Waals surface area (Å²) in [4.78, 5) is 19.4. The SMILES string of the molecule is O=C(CSc1ncc(-c2ccccc2)[nH]1)NCc1ccc(F)cc1. The Labute approximate surface area is 143 Å². The maximum absolute atomic E-state index is 12.8. The highest BCUT2D eigenvalue weighted by atomic mass is 32.2. The molecule has 0 atom stereocenters. The number of imidazole rings is 1. The lowest BCUT2D eigenvalue weighted by Crippen LogP contribution is -2.24. The fraction of sp³-hybridized carbons (Fsp3) is 0.111. The number of aromatic nitrogens is 2. The minimum Gasteiger partial charge on any atom is -0.351 e. The van der Waals surface area contributed by atoms with E-state index in [4.69, 9.17) is 0 Å². The zero-order chi connectivity index (χ0) is 16.8. The van der Waals surface area contributed by atoms with Gasteiger partial charge in [0.25, 0.3) is 0 Å². The van der Waals surface area contributed by atoms with Crippen molar-refractivity contribution in [2.24, 2.45) is 0 Å². The second kappa shape index (κ2) is 7.79. The molecule has 122 valence electrons. The van der Waals surface area contributed by atoms with Gasteiger partial charge in [-0.15, -0.1) is 0 Å². The summed E-state index contributed by atoms with van der Waals surface area (Å²) in [6.45, 7) is 0.382. The number of halogens is 1. The van der Waals surface area contributed by atoms with Crippen LogP contribution in [-0.2, 0) is 11.3 Å². The fourth-order valence-electron chi connectivity index (χ4n) is 2.13. The van der Waals surface area contributed by atoms with Crippen LogP contribution in [0, 0.1) is 5.82 Å². The highest BCUT2D eigenvalue weighted by Gasteiger charge is 2.07. The lowest BCUT2D eigenvalue weighted by molar-refractivity contribution is -0.118. The first-order chi connectivity index (χ1) is 11.7. The first-order valence-corrected chi connectivity index (χ1v) is 8.43. The molecule has 0 aliphatic carbocycles. The van der Waals surface area contributed by atoms with Gasteiger partial charge in [-0.05, 0) is 23.3 Å². The Balaban J connectivity index is 1.48. The Kier molecular flexibility index (Phi) is 5.28. The second-order valence-corrected chi connectivity index (χ2v) is 6.12. The zero-order valence-electron chi connectivity index (χ0n) is 12.8. The van der Waals surface area contributed by atoms with Crippen molar-refractivity contribution in [1.82, 2.24) is 15.3 Å². The van der Waals surface area contributed by atoms with Crippen LogP contribution in [0.2, 0.25) is 0 Å². The van der Waals surface area contributed by atoms with Crippen LogP contribution >= 0.6 is 11.8 Å². The lowest BCUT2D eigenvalue weighted by Gasteiger charge is -2.04. The van der Waals surface area contributed by atoms with Gasteiger partial charge in [-0.1, -0.05) is 54.2 Å². The van der Waals surface area contributed by atoms with Crippen LogP contribution in [0.15, 0.2) is 66.0 Å². The molecule has 2 N–H and O–H groups in total. The predicted molar refractivity (Wildman–Crippen MR) is 93.0 cm³/mol. The average Bonchev–Trinajstić information content (AvgIpc) is 3.09. The Morgan fingerprint density at radius 2 is 1.88 bits per heavy atom. The van der Waals surface area contributed by atoms with E-state index in [1.807, 2.05) is 30.3 Å². The van der Waals surface area contributed by atoms with Gasteiger partial charge in [-0.25, -0.2) is 9.37 Å². The standard InChI is InChI=1S/C18H16FN3OS/c19-15-8-6-13(7-9-15)10-20-17(23)12-24-18-21-11-16(22-18)14-4-2-1-3-5-14/h1-9,11H,10,12H2,(H,20,23)(H,21,22). The number of hydrogen-bond donors (Lipinski definition) is 2. The Morgan fingerprint density at radius 3 is 2.62 bits per heavy atom. The molecule has 6 heteroatoms. The minimum absolute atomic E-state index is 0.0954. The summed E-state index contributed by atoms with van der Waals surface area (Å²) in [6.07, 6.45) is 1.76. The number of carbonyl (C=O) groups excluding carboxylic acids is 1. The number of amides is 1. The molecule has 2 aromatic carbocycles. The average molecular weight is 341 g/mol. The van der Waals surface area contributed by atoms with Crippen LogP contribution in [-0.4, -0.2) is 21.6 Å². The van der Waals surface area contributed by atoms with Crippen LogP contribution in [0.5, 0.6) is 0 Å². The second-order valence-electron chi connectivity index (χ2n) is 5.16. The summed E-state index contributed by atoms with van der Waals surface area (Å²) >= 11 is 1.34. The molecule has 0 bridgehead atoms. The Hall–Kier alpha value is -2.60. The van der Waals surface area contributed by atoms with Crippen LogP contribution in [0.25, 0.3) is 11.3 Å². The van der Waals surface area contributed by atoms with Crippen molar-refractivity contribution in [2.75, 3.05) is 5.75 Å². The van der Waals surface area contributed by atoms with Gasteiger partial charge in [0.05, 0.1) is 17.6 Å². The van der Waals surface area contributed by atoms with E-state index in [0.29, 0.717) is 11.7 Å². The number of rotatable bonds is 6. The summed E-state index contributed by atoms with van der Waals surface area (Å²) in [7, 11) is 0. The van der Waals surface area contributed by atoms with E-state index in [-0.39, 0.29) is 17.5 Å². The van der Waals surface area contributed by atoms with E-state index in [1.165, 1.54) is 23.9 Å². The molecule has 0 radical (unpaired) electrons. The maximum atomic E-state index is 12.8. The van der Waals surface area contributed by atoms with Gasteiger partial charge in [-0.3, -0.25) is 4.79 Å². The third kappa shape index (κ3) is 4.45. The van der Waals surface area contributed by atoms with Gasteiger partial charge in [0.1, 0.15) is 5.82 Å². The van der Waals surface area contributed by atoms with Crippen molar-refractivity contribution in [2.45, 2.75) is 11.7 Å². The highest BCUT2D eigenvalue weighted by Crippen LogP contribution is 2.20. The topological polar surface area (TPSA) is 57.8 Å². The number of thioether (sulfide) groups is 1. The van der Waals surface area contributed by atoms with Gasteiger partial charge in [0.2, 0.25) is 5.91 Å². The van der Waals surface area contributed by atoms with Gasteiger partial charge in [0, 0.05) is 6.54 Å². The maximum Gasteiger partial charge on any atom is 0.230 e. The first-order valence-electron chi connectivity index (χ1n) is 7.45. The summed E-state index contributed by atoms with van der Waals surface area (Å²) in [5.41, 5.74) is 2.83. The van der Waals surface area contributed by atoms with Crippen molar-refractivity contribution in [3.8, 4) is 11.3 Å². The van der Waals surface area contributed by atoms with E-state index in [0.717, 1.165) is 16.8 Å². The molecule has 1 aromatic heterocycles. The molecule has 1 amide bonds. The van der Waals surface area contributed by atoms with E-state index in [2.05, 4.69) is 15.3 Å². The summed E-state index contributed by atoms with van der Waals surface area (Å²) in [5.74, 6) is -0.113. The Morgan fingerprint density at radius 1 is 1.12 bits per heavy atom. The molecule has 1 heterocycles. The molecule has 0 unspecified atom stereocenters. The number of aromatic amines is 1. The number of hydrogen-bond acceptors (Lipinski definition) is 3. The molecule has 3 rings (SSSR count). The number of carbonyl (C=O) groups is 1. The van der Waals surface area contributed by atoms with Gasteiger partial charge < -0.3 is 10.3 Å². The molecule has 4 nitrogen and oxygen atoms in total. The third-order valence-corrected chi connectivity index (χ3v) is 4.27.